The van der Waals surface area contributed by atoms with E-state index in [1.54, 1.807) is 11.3 Å². The van der Waals surface area contributed by atoms with Crippen LogP contribution in [0, 0.1) is 0 Å². The first-order valence-corrected chi connectivity index (χ1v) is 12.2. The third-order valence-corrected chi connectivity index (χ3v) is 6.96. The van der Waals surface area contributed by atoms with Crippen LogP contribution in [-0.2, 0) is 32.5 Å². The van der Waals surface area contributed by atoms with Crippen molar-refractivity contribution in [3.8, 4) is 11.1 Å². The number of benzene rings is 2. The third kappa shape index (κ3) is 6.05. The minimum atomic E-state index is -0.377. The first-order valence-electron chi connectivity index (χ1n) is 11.3. The van der Waals surface area contributed by atoms with Crippen molar-refractivity contribution >= 4 is 11.3 Å². The van der Waals surface area contributed by atoms with Crippen LogP contribution in [0.2, 0.25) is 0 Å². The van der Waals surface area contributed by atoms with Crippen LogP contribution < -0.4 is 0 Å². The SMILES string of the molecule is CCCCC(O)c1ccc(-c2csc(CCc3ccc(CO)c(CO)c3)c2)c(CC)c1. The zero-order valence-corrected chi connectivity index (χ0v) is 19.4. The van der Waals surface area contributed by atoms with Crippen LogP contribution in [0.3, 0.4) is 0 Å². The Kier molecular flexibility index (Phi) is 8.85. The molecule has 1 unspecified atom stereocenters. The molecule has 3 N–H and O–H groups in total. The molecule has 0 amide bonds. The molecule has 1 aromatic heterocycles. The van der Waals surface area contributed by atoms with Crippen LogP contribution in [-0.4, -0.2) is 15.3 Å². The molecule has 3 nitrogen and oxygen atoms in total. The molecule has 0 saturated carbocycles. The number of aliphatic hydroxyl groups is 3. The molecule has 0 saturated heterocycles. The van der Waals surface area contributed by atoms with Gasteiger partial charge in [0.05, 0.1) is 19.3 Å². The normalized spacial score (nSPS) is 12.3. The lowest BCUT2D eigenvalue weighted by molar-refractivity contribution is 0.164. The summed E-state index contributed by atoms with van der Waals surface area (Å²) in [5, 5.41) is 31.6. The Labute approximate surface area is 190 Å². The van der Waals surface area contributed by atoms with Gasteiger partial charge in [-0.2, -0.15) is 0 Å². The molecule has 3 rings (SSSR count). The predicted octanol–water partition coefficient (Wildman–Crippen LogP) is 5.97. The first-order chi connectivity index (χ1) is 15.1. The molecule has 0 spiro atoms. The number of rotatable bonds is 11. The van der Waals surface area contributed by atoms with Crippen LogP contribution in [0.5, 0.6) is 0 Å². The fourth-order valence-electron chi connectivity index (χ4n) is 4.02. The Morgan fingerprint density at radius 2 is 1.68 bits per heavy atom. The number of thiophene rings is 1. The van der Waals surface area contributed by atoms with Gasteiger partial charge in [-0.25, -0.2) is 0 Å². The Balaban J connectivity index is 1.71. The van der Waals surface area contributed by atoms with Crippen LogP contribution in [0.4, 0.5) is 0 Å². The fourth-order valence-corrected chi connectivity index (χ4v) is 4.90. The summed E-state index contributed by atoms with van der Waals surface area (Å²) in [7, 11) is 0. The lowest BCUT2D eigenvalue weighted by atomic mass is 9.94. The van der Waals surface area contributed by atoms with E-state index in [1.807, 2.05) is 18.2 Å². The van der Waals surface area contributed by atoms with Crippen molar-refractivity contribution in [2.24, 2.45) is 0 Å². The maximum Gasteiger partial charge on any atom is 0.0790 e. The van der Waals surface area contributed by atoms with Crippen LogP contribution in [0.15, 0.2) is 47.8 Å². The van der Waals surface area contributed by atoms with Gasteiger partial charge in [0, 0.05) is 4.88 Å². The molecule has 31 heavy (non-hydrogen) atoms. The molecule has 166 valence electrons. The minimum absolute atomic E-state index is 0.0430. The summed E-state index contributed by atoms with van der Waals surface area (Å²) in [4.78, 5) is 1.33. The number of hydrogen-bond acceptors (Lipinski definition) is 4. The predicted molar refractivity (Wildman–Crippen MR) is 129 cm³/mol. The Hall–Kier alpha value is -1.98. The largest absolute Gasteiger partial charge is 0.392 e. The molecule has 0 aliphatic carbocycles. The topological polar surface area (TPSA) is 60.7 Å². The molecule has 2 aromatic carbocycles. The molecule has 1 heterocycles. The van der Waals surface area contributed by atoms with E-state index in [-0.39, 0.29) is 19.3 Å². The van der Waals surface area contributed by atoms with Crippen molar-refractivity contribution < 1.29 is 15.3 Å². The molecule has 0 aliphatic rings. The van der Waals surface area contributed by atoms with Crippen LogP contribution in [0.25, 0.3) is 11.1 Å². The molecule has 3 aromatic rings. The number of aryl methyl sites for hydroxylation is 3. The van der Waals surface area contributed by atoms with Gasteiger partial charge in [-0.3, -0.25) is 0 Å². The molecule has 0 fully saturated rings. The van der Waals surface area contributed by atoms with Gasteiger partial charge in [0.15, 0.2) is 0 Å². The molecule has 0 radical (unpaired) electrons. The quantitative estimate of drug-likeness (QED) is 0.346. The van der Waals surface area contributed by atoms with E-state index < -0.39 is 0 Å². The number of hydrogen-bond donors (Lipinski definition) is 3. The first kappa shape index (κ1) is 23.7. The summed E-state index contributed by atoms with van der Waals surface area (Å²) >= 11 is 1.78. The van der Waals surface area contributed by atoms with E-state index in [0.717, 1.165) is 55.2 Å². The van der Waals surface area contributed by atoms with Crippen molar-refractivity contribution in [1.29, 1.82) is 0 Å². The molecule has 4 heteroatoms. The highest BCUT2D eigenvalue weighted by molar-refractivity contribution is 7.10. The lowest BCUT2D eigenvalue weighted by Gasteiger charge is -2.14. The van der Waals surface area contributed by atoms with Gasteiger partial charge in [0.2, 0.25) is 0 Å². The second-order valence-electron chi connectivity index (χ2n) is 8.15. The Morgan fingerprint density at radius 3 is 2.39 bits per heavy atom. The molecule has 0 aliphatic heterocycles. The standard InChI is InChI=1S/C27H34O3S/c1-3-5-6-27(30)21-10-12-26(20(4-2)14-21)24-15-25(31-18-24)11-8-19-7-9-22(16-28)23(13-19)17-29/h7,9-10,12-15,18,27-30H,3-6,8,11,16-17H2,1-2H3. The minimum Gasteiger partial charge on any atom is -0.392 e. The van der Waals surface area contributed by atoms with E-state index in [1.165, 1.54) is 27.1 Å². The lowest BCUT2D eigenvalue weighted by Crippen LogP contribution is -1.99. The average molecular weight is 439 g/mol. The summed E-state index contributed by atoms with van der Waals surface area (Å²) < 4.78 is 0. The second-order valence-corrected chi connectivity index (χ2v) is 9.14. The van der Waals surface area contributed by atoms with E-state index >= 15 is 0 Å². The zero-order chi connectivity index (χ0) is 22.2. The molecule has 1 atom stereocenters. The van der Waals surface area contributed by atoms with Gasteiger partial charge in [-0.05, 0) is 76.1 Å². The number of aliphatic hydroxyl groups excluding tert-OH is 3. The van der Waals surface area contributed by atoms with Crippen molar-refractivity contribution in [1.82, 2.24) is 0 Å². The Bertz CT molecular complexity index is 976. The summed E-state index contributed by atoms with van der Waals surface area (Å²) in [6.45, 7) is 4.23. The average Bonchev–Trinajstić information content (AvgIpc) is 3.29. The van der Waals surface area contributed by atoms with Gasteiger partial charge in [0.25, 0.3) is 0 Å². The smallest absolute Gasteiger partial charge is 0.0790 e. The van der Waals surface area contributed by atoms with Gasteiger partial charge in [0.1, 0.15) is 0 Å². The van der Waals surface area contributed by atoms with E-state index in [0.29, 0.717) is 0 Å². The molecule has 0 bridgehead atoms. The zero-order valence-electron chi connectivity index (χ0n) is 18.6. The highest BCUT2D eigenvalue weighted by Crippen LogP contribution is 2.32. The monoisotopic (exact) mass is 438 g/mol. The summed E-state index contributed by atoms with van der Waals surface area (Å²) in [6.07, 6.45) is 5.37. The van der Waals surface area contributed by atoms with E-state index in [9.17, 15) is 15.3 Å². The molecular weight excluding hydrogens is 404 g/mol. The second kappa shape index (κ2) is 11.6. The van der Waals surface area contributed by atoms with Gasteiger partial charge < -0.3 is 15.3 Å². The number of unbranched alkanes of at least 4 members (excludes halogenated alkanes) is 1. The summed E-state index contributed by atoms with van der Waals surface area (Å²) in [5.74, 6) is 0. The summed E-state index contributed by atoms with van der Waals surface area (Å²) in [5.41, 5.74) is 7.58. The van der Waals surface area contributed by atoms with Gasteiger partial charge in [-0.15, -0.1) is 11.3 Å². The maximum absolute atomic E-state index is 10.5. The fraction of sp³-hybridized carbons (Fsp3) is 0.407. The molecular formula is C27H34O3S. The highest BCUT2D eigenvalue weighted by Gasteiger charge is 2.12. The third-order valence-electron chi connectivity index (χ3n) is 5.96. The van der Waals surface area contributed by atoms with Gasteiger partial charge in [-0.1, -0.05) is 63.1 Å². The maximum atomic E-state index is 10.5. The van der Waals surface area contributed by atoms with Crippen molar-refractivity contribution in [3.63, 3.8) is 0 Å². The van der Waals surface area contributed by atoms with Crippen LogP contribution in [0.1, 0.15) is 71.9 Å². The highest BCUT2D eigenvalue weighted by atomic mass is 32.1. The Morgan fingerprint density at radius 1 is 0.871 bits per heavy atom. The van der Waals surface area contributed by atoms with Crippen LogP contribution >= 0.6 is 11.3 Å². The van der Waals surface area contributed by atoms with Crippen molar-refractivity contribution in [3.05, 3.63) is 80.5 Å². The van der Waals surface area contributed by atoms with E-state index in [4.69, 9.17) is 0 Å². The van der Waals surface area contributed by atoms with E-state index in [2.05, 4.69) is 43.5 Å². The summed E-state index contributed by atoms with van der Waals surface area (Å²) in [6, 6.07) is 14.6. The van der Waals surface area contributed by atoms with Crippen molar-refractivity contribution in [2.75, 3.05) is 0 Å². The van der Waals surface area contributed by atoms with Gasteiger partial charge >= 0.3 is 0 Å². The van der Waals surface area contributed by atoms with Crippen molar-refractivity contribution in [2.45, 2.75) is 71.7 Å².